The third kappa shape index (κ3) is 13.7. The fourth-order valence-electron chi connectivity index (χ4n) is 2.89. The Balaban J connectivity index is 5.51. The van der Waals surface area contributed by atoms with Crippen LogP contribution in [0.4, 0.5) is 0 Å². The average Bonchev–Trinajstić information content (AvgIpc) is 2.75. The van der Waals surface area contributed by atoms with Gasteiger partial charge in [0.1, 0.15) is 18.1 Å². The topological polar surface area (TPSA) is 273 Å². The lowest BCUT2D eigenvalue weighted by Gasteiger charge is -2.25. The average molecular weight is 504 g/mol. The lowest BCUT2D eigenvalue weighted by atomic mass is 10.0. The van der Waals surface area contributed by atoms with Crippen molar-refractivity contribution in [1.82, 2.24) is 16.0 Å². The minimum atomic E-state index is -1.59. The molecule has 12 N–H and O–H groups in total. The number of guanidine groups is 1. The predicted molar refractivity (Wildman–Crippen MR) is 125 cm³/mol. The maximum Gasteiger partial charge on any atom is 0.328 e. The summed E-state index contributed by atoms with van der Waals surface area (Å²) >= 11 is 0. The molecule has 3 amide bonds. The van der Waals surface area contributed by atoms with Gasteiger partial charge in [-0.2, -0.15) is 0 Å². The van der Waals surface area contributed by atoms with Crippen LogP contribution in [0.3, 0.4) is 0 Å². The van der Waals surface area contributed by atoms with Crippen LogP contribution in [0.1, 0.15) is 46.0 Å². The highest BCUT2D eigenvalue weighted by molar-refractivity contribution is 5.94. The summed E-state index contributed by atoms with van der Waals surface area (Å²) in [7, 11) is 0. The number of hydrogen-bond donors (Lipinski definition) is 9. The molecule has 0 aliphatic heterocycles. The van der Waals surface area contributed by atoms with Gasteiger partial charge < -0.3 is 48.5 Å². The van der Waals surface area contributed by atoms with Gasteiger partial charge in [0, 0.05) is 13.0 Å². The maximum atomic E-state index is 13.0. The number of amides is 3. The third-order valence-corrected chi connectivity index (χ3v) is 4.72. The number of nitrogens with two attached hydrogens (primary N) is 3. The van der Waals surface area contributed by atoms with Gasteiger partial charge in [-0.25, -0.2) is 4.79 Å². The summed E-state index contributed by atoms with van der Waals surface area (Å²) in [5.74, 6) is -5.13. The van der Waals surface area contributed by atoms with E-state index in [0.717, 1.165) is 0 Å². The Morgan fingerprint density at radius 3 is 1.89 bits per heavy atom. The monoisotopic (exact) mass is 503 g/mol. The Labute approximate surface area is 202 Å². The van der Waals surface area contributed by atoms with Crippen LogP contribution in [0, 0.1) is 5.92 Å². The van der Waals surface area contributed by atoms with Crippen LogP contribution in [0.2, 0.25) is 0 Å². The van der Waals surface area contributed by atoms with Crippen LogP contribution in [-0.4, -0.2) is 88.3 Å². The summed E-state index contributed by atoms with van der Waals surface area (Å²) < 4.78 is 0. The van der Waals surface area contributed by atoms with E-state index in [1.54, 1.807) is 13.8 Å². The SMILES string of the molecule is CC(C)CC(NC(=O)C(N)CCC(=O)O)C(=O)NC(CCCN=C(N)N)C(=O)NC(CO)C(=O)O. The van der Waals surface area contributed by atoms with Crippen molar-refractivity contribution in [2.75, 3.05) is 13.2 Å². The van der Waals surface area contributed by atoms with E-state index in [1.165, 1.54) is 0 Å². The number of aliphatic carboxylic acids is 2. The molecule has 0 aromatic rings. The molecule has 4 atom stereocenters. The van der Waals surface area contributed by atoms with Crippen molar-refractivity contribution in [2.45, 2.75) is 70.1 Å². The standard InChI is InChI=1S/C20H37N7O8/c1-10(2)8-13(26-16(31)11(21)5-6-15(29)30)18(33)25-12(4-3-7-24-20(22)23)17(32)27-14(9-28)19(34)35/h10-14,28H,3-9,21H2,1-2H3,(H,25,33)(H,26,31)(H,27,32)(H,29,30)(H,34,35)(H4,22,23,24). The highest BCUT2D eigenvalue weighted by atomic mass is 16.4. The summed E-state index contributed by atoms with van der Waals surface area (Å²) in [5.41, 5.74) is 16.2. The second kappa shape index (κ2) is 16.2. The van der Waals surface area contributed by atoms with E-state index >= 15 is 0 Å². The van der Waals surface area contributed by atoms with Crippen LogP contribution >= 0.6 is 0 Å². The lowest BCUT2D eigenvalue weighted by Crippen LogP contribution is -2.57. The molecule has 15 heteroatoms. The molecule has 0 fully saturated rings. The summed E-state index contributed by atoms with van der Waals surface area (Å²) in [4.78, 5) is 63.7. The van der Waals surface area contributed by atoms with Crippen LogP contribution in [-0.2, 0) is 24.0 Å². The Morgan fingerprint density at radius 1 is 0.857 bits per heavy atom. The molecular weight excluding hydrogens is 466 g/mol. The minimum absolute atomic E-state index is 0.0204. The number of carboxylic acids is 2. The zero-order valence-electron chi connectivity index (χ0n) is 19.9. The number of aliphatic hydroxyl groups is 1. The summed E-state index contributed by atoms with van der Waals surface area (Å²) in [5, 5.41) is 34.1. The summed E-state index contributed by atoms with van der Waals surface area (Å²) in [6, 6.07) is -5.07. The van der Waals surface area contributed by atoms with E-state index in [2.05, 4.69) is 20.9 Å². The number of carbonyl (C=O) groups excluding carboxylic acids is 3. The van der Waals surface area contributed by atoms with Gasteiger partial charge in [-0.3, -0.25) is 24.2 Å². The third-order valence-electron chi connectivity index (χ3n) is 4.72. The number of nitrogens with zero attached hydrogens (tertiary/aromatic N) is 1. The molecule has 35 heavy (non-hydrogen) atoms. The number of carbonyl (C=O) groups is 5. The molecule has 0 aliphatic rings. The first-order valence-electron chi connectivity index (χ1n) is 11.1. The van der Waals surface area contributed by atoms with Gasteiger partial charge in [-0.05, 0) is 31.6 Å². The van der Waals surface area contributed by atoms with Crippen LogP contribution in [0.25, 0.3) is 0 Å². The summed E-state index contributed by atoms with van der Waals surface area (Å²) in [6.45, 7) is 2.87. The van der Waals surface area contributed by atoms with E-state index in [-0.39, 0.29) is 50.5 Å². The van der Waals surface area contributed by atoms with Crippen molar-refractivity contribution in [1.29, 1.82) is 0 Å². The molecule has 0 bridgehead atoms. The molecule has 0 spiro atoms. The Hall–Kier alpha value is -3.46. The Bertz CT molecular complexity index is 771. The first kappa shape index (κ1) is 31.5. The first-order valence-corrected chi connectivity index (χ1v) is 11.1. The second-order valence-electron chi connectivity index (χ2n) is 8.32. The molecule has 0 aromatic heterocycles. The number of nitrogens with one attached hydrogen (secondary N) is 3. The number of aliphatic imine (C=N–C) groups is 1. The van der Waals surface area contributed by atoms with Gasteiger partial charge in [-0.15, -0.1) is 0 Å². The van der Waals surface area contributed by atoms with Crippen molar-refractivity contribution < 1.29 is 39.3 Å². The van der Waals surface area contributed by atoms with Crippen LogP contribution < -0.4 is 33.2 Å². The fourth-order valence-corrected chi connectivity index (χ4v) is 2.89. The maximum absolute atomic E-state index is 13.0. The summed E-state index contributed by atoms with van der Waals surface area (Å²) in [6.07, 6.45) is -0.0189. The molecule has 4 unspecified atom stereocenters. The molecule has 0 saturated heterocycles. The van der Waals surface area contributed by atoms with Gasteiger partial charge in [0.05, 0.1) is 12.6 Å². The minimum Gasteiger partial charge on any atom is -0.481 e. The van der Waals surface area contributed by atoms with Gasteiger partial charge in [0.2, 0.25) is 17.7 Å². The van der Waals surface area contributed by atoms with Crippen molar-refractivity contribution in [3.8, 4) is 0 Å². The van der Waals surface area contributed by atoms with Gasteiger partial charge in [0.25, 0.3) is 0 Å². The normalized spacial score (nSPS) is 14.2. The molecule has 15 nitrogen and oxygen atoms in total. The zero-order chi connectivity index (χ0) is 27.1. The Kier molecular flexibility index (Phi) is 14.6. The van der Waals surface area contributed by atoms with Crippen molar-refractivity contribution in [3.05, 3.63) is 0 Å². The highest BCUT2D eigenvalue weighted by Gasteiger charge is 2.30. The lowest BCUT2D eigenvalue weighted by molar-refractivity contribution is -0.143. The molecule has 0 radical (unpaired) electrons. The highest BCUT2D eigenvalue weighted by Crippen LogP contribution is 2.08. The van der Waals surface area contributed by atoms with Crippen molar-refractivity contribution in [2.24, 2.45) is 28.1 Å². The van der Waals surface area contributed by atoms with Crippen LogP contribution in [0.15, 0.2) is 4.99 Å². The fraction of sp³-hybridized carbons (Fsp3) is 0.700. The number of hydrogen-bond acceptors (Lipinski definition) is 8. The van der Waals surface area contributed by atoms with E-state index in [9.17, 15) is 29.1 Å². The number of rotatable bonds is 17. The van der Waals surface area contributed by atoms with Gasteiger partial charge >= 0.3 is 11.9 Å². The van der Waals surface area contributed by atoms with Crippen molar-refractivity contribution >= 4 is 35.6 Å². The molecule has 0 heterocycles. The first-order chi connectivity index (χ1) is 16.3. The van der Waals surface area contributed by atoms with Gasteiger partial charge in [0.15, 0.2) is 5.96 Å². The van der Waals surface area contributed by atoms with Gasteiger partial charge in [-0.1, -0.05) is 13.8 Å². The van der Waals surface area contributed by atoms with Crippen LogP contribution in [0.5, 0.6) is 0 Å². The van der Waals surface area contributed by atoms with E-state index in [4.69, 9.17) is 27.4 Å². The second-order valence-corrected chi connectivity index (χ2v) is 8.32. The molecule has 0 aliphatic carbocycles. The molecule has 0 aromatic carbocycles. The quantitative estimate of drug-likeness (QED) is 0.0541. The molecule has 0 rings (SSSR count). The predicted octanol–water partition coefficient (Wildman–Crippen LogP) is -3.19. The zero-order valence-corrected chi connectivity index (χ0v) is 19.9. The van der Waals surface area contributed by atoms with E-state index in [0.29, 0.717) is 0 Å². The molecular formula is C20H37N7O8. The van der Waals surface area contributed by atoms with E-state index < -0.39 is 60.4 Å². The number of aliphatic hydroxyl groups excluding tert-OH is 1. The molecule has 0 saturated carbocycles. The largest absolute Gasteiger partial charge is 0.481 e. The van der Waals surface area contributed by atoms with Crippen molar-refractivity contribution in [3.63, 3.8) is 0 Å². The smallest absolute Gasteiger partial charge is 0.328 e. The van der Waals surface area contributed by atoms with E-state index in [1.807, 2.05) is 0 Å². The Morgan fingerprint density at radius 2 is 1.40 bits per heavy atom. The molecule has 200 valence electrons. The number of carboxylic acid groups (broad SMARTS) is 2.